The van der Waals surface area contributed by atoms with Crippen LogP contribution in [0.2, 0.25) is 5.02 Å². The van der Waals surface area contributed by atoms with E-state index in [1.54, 1.807) is 0 Å². The Labute approximate surface area is 155 Å². The van der Waals surface area contributed by atoms with Crippen LogP contribution < -0.4 is 0 Å². The van der Waals surface area contributed by atoms with E-state index < -0.39 is 0 Å². The Morgan fingerprint density at radius 2 is 2.08 bits per heavy atom. The van der Waals surface area contributed by atoms with Gasteiger partial charge < -0.3 is 8.94 Å². The van der Waals surface area contributed by atoms with Crippen LogP contribution >= 0.6 is 11.6 Å². The molecule has 6 heteroatoms. The predicted octanol–water partition coefficient (Wildman–Crippen LogP) is 5.00. The van der Waals surface area contributed by atoms with Gasteiger partial charge in [0.05, 0.1) is 0 Å². The molecule has 26 heavy (non-hydrogen) atoms. The Balaban J connectivity index is 1.37. The summed E-state index contributed by atoms with van der Waals surface area (Å²) in [6, 6.07) is 13.5. The van der Waals surface area contributed by atoms with Gasteiger partial charge in [-0.3, -0.25) is 4.90 Å². The highest BCUT2D eigenvalue weighted by Gasteiger charge is 2.26. The molecule has 132 valence electrons. The standard InChI is InChI=1S/C20H18ClN3O2/c21-14-7-8-18-15(10-14)17(23-26-18)12-24-9-3-4-13(11-24)20-22-16-5-1-2-6-19(16)25-20/h1-2,5-8,10,13H,3-4,9,11-12H2. The Bertz CT molecular complexity index is 1040. The van der Waals surface area contributed by atoms with Crippen molar-refractivity contribution in [3.05, 3.63) is 59.1 Å². The van der Waals surface area contributed by atoms with Crippen LogP contribution in [0.15, 0.2) is 51.4 Å². The summed E-state index contributed by atoms with van der Waals surface area (Å²) in [7, 11) is 0. The van der Waals surface area contributed by atoms with Crippen molar-refractivity contribution in [1.82, 2.24) is 15.0 Å². The molecule has 4 aromatic rings. The minimum Gasteiger partial charge on any atom is -0.440 e. The highest BCUT2D eigenvalue weighted by molar-refractivity contribution is 6.31. The second-order valence-electron chi connectivity index (χ2n) is 6.86. The first-order chi connectivity index (χ1) is 12.8. The molecule has 0 bridgehead atoms. The molecule has 1 aliphatic heterocycles. The van der Waals surface area contributed by atoms with Gasteiger partial charge in [0, 0.05) is 29.4 Å². The number of likely N-dealkylation sites (tertiary alicyclic amines) is 1. The first-order valence-electron chi connectivity index (χ1n) is 8.88. The summed E-state index contributed by atoms with van der Waals surface area (Å²) in [4.78, 5) is 7.07. The van der Waals surface area contributed by atoms with Crippen molar-refractivity contribution in [2.24, 2.45) is 0 Å². The van der Waals surface area contributed by atoms with Gasteiger partial charge in [-0.15, -0.1) is 0 Å². The fraction of sp³-hybridized carbons (Fsp3) is 0.300. The van der Waals surface area contributed by atoms with Gasteiger partial charge in [0.2, 0.25) is 0 Å². The third-order valence-electron chi connectivity index (χ3n) is 5.05. The second-order valence-corrected chi connectivity index (χ2v) is 7.30. The number of fused-ring (bicyclic) bond motifs is 2. The summed E-state index contributed by atoms with van der Waals surface area (Å²) in [5.74, 6) is 1.14. The molecule has 5 nitrogen and oxygen atoms in total. The van der Waals surface area contributed by atoms with Gasteiger partial charge in [0.15, 0.2) is 17.1 Å². The lowest BCUT2D eigenvalue weighted by atomic mass is 9.97. The molecule has 1 saturated heterocycles. The van der Waals surface area contributed by atoms with Crippen LogP contribution in [0.4, 0.5) is 0 Å². The summed E-state index contributed by atoms with van der Waals surface area (Å²) in [6.07, 6.45) is 2.20. The largest absolute Gasteiger partial charge is 0.440 e. The number of piperidine rings is 1. The number of benzene rings is 2. The number of nitrogens with zero attached hydrogens (tertiary/aromatic N) is 3. The highest BCUT2D eigenvalue weighted by atomic mass is 35.5. The zero-order valence-electron chi connectivity index (χ0n) is 14.2. The topological polar surface area (TPSA) is 55.3 Å². The lowest BCUT2D eigenvalue weighted by Crippen LogP contribution is -2.34. The molecule has 1 unspecified atom stereocenters. The van der Waals surface area contributed by atoms with Gasteiger partial charge >= 0.3 is 0 Å². The maximum atomic E-state index is 6.13. The van der Waals surface area contributed by atoms with E-state index in [-0.39, 0.29) is 0 Å². The van der Waals surface area contributed by atoms with E-state index in [1.165, 1.54) is 0 Å². The van der Waals surface area contributed by atoms with Gasteiger partial charge in [-0.05, 0) is 49.7 Å². The van der Waals surface area contributed by atoms with Crippen LogP contribution in [0.25, 0.3) is 22.1 Å². The summed E-state index contributed by atoms with van der Waals surface area (Å²) < 4.78 is 11.4. The Morgan fingerprint density at radius 3 is 3.00 bits per heavy atom. The van der Waals surface area contributed by atoms with Crippen molar-refractivity contribution in [2.75, 3.05) is 13.1 Å². The summed E-state index contributed by atoms with van der Waals surface area (Å²) in [6.45, 7) is 2.68. The molecule has 0 amide bonds. The van der Waals surface area contributed by atoms with E-state index in [9.17, 15) is 0 Å². The van der Waals surface area contributed by atoms with E-state index in [0.717, 1.165) is 66.1 Å². The summed E-state index contributed by atoms with van der Waals surface area (Å²) >= 11 is 6.13. The van der Waals surface area contributed by atoms with Crippen LogP contribution in [0, 0.1) is 0 Å². The molecular formula is C20H18ClN3O2. The van der Waals surface area contributed by atoms with E-state index in [4.69, 9.17) is 20.5 Å². The van der Waals surface area contributed by atoms with E-state index in [0.29, 0.717) is 10.9 Å². The fourth-order valence-corrected chi connectivity index (χ4v) is 3.92. The van der Waals surface area contributed by atoms with Crippen molar-refractivity contribution in [3.63, 3.8) is 0 Å². The first kappa shape index (κ1) is 15.9. The Hall–Kier alpha value is -2.37. The van der Waals surface area contributed by atoms with Crippen molar-refractivity contribution in [1.29, 1.82) is 0 Å². The van der Waals surface area contributed by atoms with Gasteiger partial charge in [0.1, 0.15) is 11.2 Å². The molecule has 1 aliphatic rings. The van der Waals surface area contributed by atoms with E-state index in [1.807, 2.05) is 42.5 Å². The SMILES string of the molecule is Clc1ccc2onc(CN3CCCC(c4nc5ccccc5o4)C3)c2c1. The van der Waals surface area contributed by atoms with Gasteiger partial charge in [0.25, 0.3) is 0 Å². The summed E-state index contributed by atoms with van der Waals surface area (Å²) in [5.41, 5.74) is 3.49. The van der Waals surface area contributed by atoms with Crippen LogP contribution in [0.5, 0.6) is 0 Å². The number of halogens is 1. The van der Waals surface area contributed by atoms with Crippen molar-refractivity contribution in [3.8, 4) is 0 Å². The van der Waals surface area contributed by atoms with Crippen molar-refractivity contribution >= 4 is 33.7 Å². The number of hydrogen-bond acceptors (Lipinski definition) is 5. The van der Waals surface area contributed by atoms with E-state index in [2.05, 4.69) is 15.0 Å². The fourth-order valence-electron chi connectivity index (χ4n) is 3.75. The second kappa shape index (κ2) is 6.41. The Morgan fingerprint density at radius 1 is 1.15 bits per heavy atom. The zero-order valence-corrected chi connectivity index (χ0v) is 14.9. The average Bonchev–Trinajstić information content (AvgIpc) is 3.26. The molecule has 2 aromatic carbocycles. The number of oxazole rings is 1. The normalized spacial score (nSPS) is 18.7. The molecule has 0 spiro atoms. The molecule has 1 atom stereocenters. The van der Waals surface area contributed by atoms with Crippen molar-refractivity contribution < 1.29 is 8.94 Å². The van der Waals surface area contributed by atoms with Crippen LogP contribution in [0.3, 0.4) is 0 Å². The maximum absolute atomic E-state index is 6.13. The molecule has 0 saturated carbocycles. The number of aromatic nitrogens is 2. The third-order valence-corrected chi connectivity index (χ3v) is 5.28. The zero-order chi connectivity index (χ0) is 17.5. The molecule has 0 aliphatic carbocycles. The third kappa shape index (κ3) is 2.87. The van der Waals surface area contributed by atoms with Gasteiger partial charge in [-0.2, -0.15) is 0 Å². The molecule has 1 fully saturated rings. The molecular weight excluding hydrogens is 350 g/mol. The Kier molecular flexibility index (Phi) is 3.91. The minimum absolute atomic E-state index is 0.304. The average molecular weight is 368 g/mol. The number of rotatable bonds is 3. The van der Waals surface area contributed by atoms with Crippen LogP contribution in [0.1, 0.15) is 30.3 Å². The lowest BCUT2D eigenvalue weighted by molar-refractivity contribution is 0.183. The summed E-state index contributed by atoms with van der Waals surface area (Å²) in [5, 5.41) is 5.94. The van der Waals surface area contributed by atoms with Crippen LogP contribution in [-0.4, -0.2) is 28.1 Å². The van der Waals surface area contributed by atoms with Crippen LogP contribution in [-0.2, 0) is 6.54 Å². The highest BCUT2D eigenvalue weighted by Crippen LogP contribution is 2.30. The van der Waals surface area contributed by atoms with E-state index >= 15 is 0 Å². The monoisotopic (exact) mass is 367 g/mol. The number of para-hydroxylation sites is 2. The maximum Gasteiger partial charge on any atom is 0.199 e. The predicted molar refractivity (Wildman–Crippen MR) is 100 cm³/mol. The number of hydrogen-bond donors (Lipinski definition) is 0. The minimum atomic E-state index is 0.304. The first-order valence-corrected chi connectivity index (χ1v) is 9.26. The molecule has 0 radical (unpaired) electrons. The molecule has 3 heterocycles. The smallest absolute Gasteiger partial charge is 0.199 e. The molecule has 2 aromatic heterocycles. The van der Waals surface area contributed by atoms with Crippen molar-refractivity contribution in [2.45, 2.75) is 25.3 Å². The quantitative estimate of drug-likeness (QED) is 0.510. The molecule has 0 N–H and O–H groups in total. The lowest BCUT2D eigenvalue weighted by Gasteiger charge is -2.30. The van der Waals surface area contributed by atoms with Gasteiger partial charge in [-0.1, -0.05) is 28.9 Å². The molecule has 5 rings (SSSR count). The van der Waals surface area contributed by atoms with Gasteiger partial charge in [-0.25, -0.2) is 4.98 Å².